The summed E-state index contributed by atoms with van der Waals surface area (Å²) in [4.78, 5) is 13.8. The van der Waals surface area contributed by atoms with E-state index in [1.54, 1.807) is 6.26 Å². The van der Waals surface area contributed by atoms with Gasteiger partial charge in [-0.05, 0) is 59.0 Å². The standard InChI is InChI=1S/C16H32N2O3S/c1-13(22(5)20)6-9-17-12-14-7-10-18(11-8-14)15(19)21-16(2,3)4/h13-14,17H,6-12H2,1-5H3. The van der Waals surface area contributed by atoms with Gasteiger partial charge in [0.1, 0.15) is 5.60 Å². The Kier molecular flexibility index (Phi) is 7.83. The molecule has 1 aliphatic heterocycles. The lowest BCUT2D eigenvalue weighted by Gasteiger charge is -2.33. The Morgan fingerprint density at radius 3 is 2.45 bits per heavy atom. The van der Waals surface area contributed by atoms with Gasteiger partial charge in [0.2, 0.25) is 0 Å². The van der Waals surface area contributed by atoms with Crippen LogP contribution >= 0.6 is 0 Å². The molecular formula is C16H32N2O3S. The number of carbonyl (C=O) groups is 1. The molecule has 0 aromatic carbocycles. The van der Waals surface area contributed by atoms with Crippen molar-refractivity contribution in [2.24, 2.45) is 5.92 Å². The summed E-state index contributed by atoms with van der Waals surface area (Å²) in [7, 11) is -0.735. The molecule has 0 saturated carbocycles. The van der Waals surface area contributed by atoms with E-state index in [4.69, 9.17) is 4.74 Å². The number of hydrogen-bond acceptors (Lipinski definition) is 4. The molecule has 22 heavy (non-hydrogen) atoms. The van der Waals surface area contributed by atoms with Crippen LogP contribution < -0.4 is 5.32 Å². The molecule has 1 N–H and O–H groups in total. The smallest absolute Gasteiger partial charge is 0.410 e. The third-order valence-corrected chi connectivity index (χ3v) is 5.36. The van der Waals surface area contributed by atoms with Gasteiger partial charge in [-0.2, -0.15) is 0 Å². The minimum absolute atomic E-state index is 0.196. The normalized spacial score (nSPS) is 19.8. The molecule has 1 amide bonds. The molecule has 0 bridgehead atoms. The van der Waals surface area contributed by atoms with E-state index < -0.39 is 16.4 Å². The van der Waals surface area contributed by atoms with Crippen molar-refractivity contribution in [2.45, 2.75) is 57.8 Å². The van der Waals surface area contributed by atoms with Gasteiger partial charge in [-0.3, -0.25) is 4.21 Å². The number of nitrogens with zero attached hydrogens (tertiary/aromatic N) is 1. The molecule has 6 heteroatoms. The quantitative estimate of drug-likeness (QED) is 0.759. The van der Waals surface area contributed by atoms with Crippen LogP contribution in [0.15, 0.2) is 0 Å². The first-order valence-corrected chi connectivity index (χ1v) is 9.82. The molecule has 0 aromatic heterocycles. The molecule has 0 spiro atoms. The Labute approximate surface area is 137 Å². The zero-order chi connectivity index (χ0) is 16.8. The van der Waals surface area contributed by atoms with Crippen molar-refractivity contribution in [1.82, 2.24) is 10.2 Å². The lowest BCUT2D eigenvalue weighted by atomic mass is 9.97. The highest BCUT2D eigenvalue weighted by molar-refractivity contribution is 7.84. The average molecular weight is 333 g/mol. The van der Waals surface area contributed by atoms with E-state index in [0.717, 1.165) is 45.4 Å². The van der Waals surface area contributed by atoms with Crippen molar-refractivity contribution in [3.05, 3.63) is 0 Å². The van der Waals surface area contributed by atoms with E-state index in [9.17, 15) is 9.00 Å². The summed E-state index contributed by atoms with van der Waals surface area (Å²) in [5.74, 6) is 0.612. The summed E-state index contributed by atoms with van der Waals surface area (Å²) >= 11 is 0. The predicted octanol–water partition coefficient (Wildman–Crippen LogP) is 2.38. The Hall–Kier alpha value is -0.620. The zero-order valence-electron chi connectivity index (χ0n) is 14.7. The highest BCUT2D eigenvalue weighted by atomic mass is 32.2. The van der Waals surface area contributed by atoms with E-state index in [2.05, 4.69) is 5.32 Å². The second-order valence-corrected chi connectivity index (χ2v) is 9.01. The molecule has 2 atom stereocenters. The molecule has 0 radical (unpaired) electrons. The number of hydrogen-bond donors (Lipinski definition) is 1. The number of amides is 1. The monoisotopic (exact) mass is 332 g/mol. The van der Waals surface area contributed by atoms with Crippen molar-refractivity contribution in [3.63, 3.8) is 0 Å². The van der Waals surface area contributed by atoms with Crippen LogP contribution in [0.5, 0.6) is 0 Å². The summed E-state index contributed by atoms with van der Waals surface area (Å²) in [6.45, 7) is 11.1. The molecule has 1 aliphatic rings. The van der Waals surface area contributed by atoms with E-state index in [1.165, 1.54) is 0 Å². The van der Waals surface area contributed by atoms with Crippen LogP contribution in [0, 0.1) is 5.92 Å². The third-order valence-electron chi connectivity index (χ3n) is 3.99. The summed E-state index contributed by atoms with van der Waals surface area (Å²) < 4.78 is 16.7. The van der Waals surface area contributed by atoms with Crippen LogP contribution in [0.4, 0.5) is 4.79 Å². The molecule has 5 nitrogen and oxygen atoms in total. The minimum Gasteiger partial charge on any atom is -0.444 e. The van der Waals surface area contributed by atoms with E-state index >= 15 is 0 Å². The number of nitrogens with one attached hydrogen (secondary N) is 1. The Balaban J connectivity index is 2.17. The molecule has 1 saturated heterocycles. The minimum atomic E-state index is -0.735. The van der Waals surface area contributed by atoms with E-state index in [1.807, 2.05) is 32.6 Å². The number of rotatable bonds is 6. The number of likely N-dealkylation sites (tertiary alicyclic amines) is 1. The third kappa shape index (κ3) is 7.58. The molecule has 1 fully saturated rings. The van der Waals surface area contributed by atoms with Gasteiger partial charge >= 0.3 is 6.09 Å². The van der Waals surface area contributed by atoms with Gasteiger partial charge in [-0.15, -0.1) is 0 Å². The second kappa shape index (κ2) is 8.87. The predicted molar refractivity (Wildman–Crippen MR) is 91.5 cm³/mol. The first kappa shape index (κ1) is 19.4. The van der Waals surface area contributed by atoms with Gasteiger partial charge in [0.25, 0.3) is 0 Å². The molecule has 1 rings (SSSR count). The van der Waals surface area contributed by atoms with Gasteiger partial charge < -0.3 is 15.0 Å². The summed E-state index contributed by atoms with van der Waals surface area (Å²) in [6.07, 6.45) is 4.54. The maximum Gasteiger partial charge on any atom is 0.410 e. The first-order valence-electron chi connectivity index (χ1n) is 8.20. The van der Waals surface area contributed by atoms with Gasteiger partial charge in [-0.1, -0.05) is 6.92 Å². The van der Waals surface area contributed by atoms with E-state index in [-0.39, 0.29) is 11.3 Å². The molecule has 2 unspecified atom stereocenters. The Bertz CT molecular complexity index is 374. The van der Waals surface area contributed by atoms with Crippen LogP contribution in [0.2, 0.25) is 0 Å². The fourth-order valence-electron chi connectivity index (χ4n) is 2.42. The van der Waals surface area contributed by atoms with Gasteiger partial charge in [0, 0.05) is 35.4 Å². The average Bonchev–Trinajstić information content (AvgIpc) is 2.42. The van der Waals surface area contributed by atoms with E-state index in [0.29, 0.717) is 5.92 Å². The fraction of sp³-hybridized carbons (Fsp3) is 0.938. The van der Waals surface area contributed by atoms with Crippen LogP contribution in [0.3, 0.4) is 0 Å². The van der Waals surface area contributed by atoms with Crippen LogP contribution in [-0.2, 0) is 15.5 Å². The van der Waals surface area contributed by atoms with Crippen LogP contribution in [0.25, 0.3) is 0 Å². The molecule has 0 aromatic rings. The van der Waals surface area contributed by atoms with Crippen molar-refractivity contribution >= 4 is 16.9 Å². The molecule has 130 valence electrons. The Morgan fingerprint density at radius 2 is 1.95 bits per heavy atom. The number of ether oxygens (including phenoxy) is 1. The zero-order valence-corrected chi connectivity index (χ0v) is 15.5. The maximum absolute atomic E-state index is 12.0. The van der Waals surface area contributed by atoms with Gasteiger partial charge in [-0.25, -0.2) is 4.79 Å². The van der Waals surface area contributed by atoms with Crippen LogP contribution in [-0.4, -0.2) is 58.5 Å². The van der Waals surface area contributed by atoms with Gasteiger partial charge in [0.05, 0.1) is 0 Å². The van der Waals surface area contributed by atoms with Crippen molar-refractivity contribution in [1.29, 1.82) is 0 Å². The lowest BCUT2D eigenvalue weighted by molar-refractivity contribution is 0.0184. The van der Waals surface area contributed by atoms with Crippen molar-refractivity contribution < 1.29 is 13.7 Å². The SMILES string of the molecule is CC(CCNCC1CCN(C(=O)OC(C)(C)C)CC1)S(C)=O. The second-order valence-electron chi connectivity index (χ2n) is 7.21. The summed E-state index contributed by atoms with van der Waals surface area (Å²) in [5.41, 5.74) is -0.425. The topological polar surface area (TPSA) is 58.6 Å². The molecule has 1 heterocycles. The van der Waals surface area contributed by atoms with Gasteiger partial charge in [0.15, 0.2) is 0 Å². The largest absolute Gasteiger partial charge is 0.444 e. The summed E-state index contributed by atoms with van der Waals surface area (Å²) in [6, 6.07) is 0. The highest BCUT2D eigenvalue weighted by Gasteiger charge is 2.26. The number of piperidine rings is 1. The maximum atomic E-state index is 12.0. The Morgan fingerprint density at radius 1 is 1.36 bits per heavy atom. The summed E-state index contributed by atoms with van der Waals surface area (Å²) in [5, 5.41) is 3.71. The van der Waals surface area contributed by atoms with Crippen LogP contribution in [0.1, 0.15) is 47.0 Å². The number of carbonyl (C=O) groups excluding carboxylic acids is 1. The lowest BCUT2D eigenvalue weighted by Crippen LogP contribution is -2.43. The van der Waals surface area contributed by atoms with Crippen molar-refractivity contribution in [2.75, 3.05) is 32.4 Å². The first-order chi connectivity index (χ1) is 10.2. The van der Waals surface area contributed by atoms with Crippen molar-refractivity contribution in [3.8, 4) is 0 Å². The molecular weight excluding hydrogens is 300 g/mol. The molecule has 0 aliphatic carbocycles. The highest BCUT2D eigenvalue weighted by Crippen LogP contribution is 2.19. The fourth-order valence-corrected chi connectivity index (χ4v) is 2.87.